The molecule has 0 aromatic heterocycles. The molecule has 0 fully saturated rings. The lowest BCUT2D eigenvalue weighted by Crippen LogP contribution is -2.07. The molecule has 116 valence electrons. The Morgan fingerprint density at radius 2 is 1.18 bits per heavy atom. The van der Waals surface area contributed by atoms with Crippen LogP contribution in [-0.2, 0) is 0 Å². The van der Waals surface area contributed by atoms with Crippen molar-refractivity contribution in [3.05, 3.63) is 55.5 Å². The van der Waals surface area contributed by atoms with Crippen LogP contribution in [0.3, 0.4) is 0 Å². The predicted octanol–water partition coefficient (Wildman–Crippen LogP) is 5.08. The smallest absolute Gasteiger partial charge is 0.200 e. The average molecular weight is 428 g/mol. The third-order valence-electron chi connectivity index (χ3n) is 3.48. The molecule has 22 heavy (non-hydrogen) atoms. The molecule has 0 unspecified atom stereocenters. The Labute approximate surface area is 146 Å². The maximum absolute atomic E-state index is 12.9. The van der Waals surface area contributed by atoms with Crippen LogP contribution >= 0.6 is 31.9 Å². The van der Waals surface area contributed by atoms with E-state index in [0.29, 0.717) is 22.6 Å². The van der Waals surface area contributed by atoms with Crippen LogP contribution in [0.25, 0.3) is 0 Å². The van der Waals surface area contributed by atoms with Crippen molar-refractivity contribution in [2.45, 2.75) is 13.8 Å². The van der Waals surface area contributed by atoms with Gasteiger partial charge in [0.05, 0.1) is 34.3 Å². The first-order valence-electron chi connectivity index (χ1n) is 6.63. The second-order valence-corrected chi connectivity index (χ2v) is 6.47. The minimum atomic E-state index is -0.143. The van der Waals surface area contributed by atoms with Gasteiger partial charge in [0.1, 0.15) is 11.5 Å². The summed E-state index contributed by atoms with van der Waals surface area (Å²) in [6.45, 7) is 3.90. The fourth-order valence-electron chi connectivity index (χ4n) is 2.21. The molecule has 2 rings (SSSR count). The molecule has 0 bridgehead atoms. The standard InChI is InChI=1S/C17H16Br2O3/c1-9-5-7-11(16(21-3)13(9)18)15(20)12-8-6-10(2)14(19)17(12)22-4/h5-8H,1-4H3. The van der Waals surface area contributed by atoms with E-state index in [2.05, 4.69) is 31.9 Å². The molecule has 0 saturated carbocycles. The predicted molar refractivity (Wildman–Crippen MR) is 94.3 cm³/mol. The lowest BCUT2D eigenvalue weighted by molar-refractivity contribution is 0.103. The fraction of sp³-hybridized carbons (Fsp3) is 0.235. The zero-order chi connectivity index (χ0) is 16.4. The summed E-state index contributed by atoms with van der Waals surface area (Å²) in [5.41, 5.74) is 3.00. The summed E-state index contributed by atoms with van der Waals surface area (Å²) in [6.07, 6.45) is 0. The number of carbonyl (C=O) groups is 1. The number of ketones is 1. The second-order valence-electron chi connectivity index (χ2n) is 4.88. The summed E-state index contributed by atoms with van der Waals surface area (Å²) in [5.74, 6) is 0.919. The second kappa shape index (κ2) is 6.84. The Morgan fingerprint density at radius 1 is 0.818 bits per heavy atom. The van der Waals surface area contributed by atoms with Crippen molar-refractivity contribution in [3.63, 3.8) is 0 Å². The van der Waals surface area contributed by atoms with E-state index < -0.39 is 0 Å². The van der Waals surface area contributed by atoms with Gasteiger partial charge in [-0.3, -0.25) is 4.79 Å². The van der Waals surface area contributed by atoms with Gasteiger partial charge in [-0.15, -0.1) is 0 Å². The molecule has 0 atom stereocenters. The third-order valence-corrected chi connectivity index (χ3v) is 5.45. The molecule has 0 amide bonds. The van der Waals surface area contributed by atoms with Gasteiger partial charge in [0.2, 0.25) is 5.78 Å². The van der Waals surface area contributed by atoms with Crippen molar-refractivity contribution in [1.82, 2.24) is 0 Å². The van der Waals surface area contributed by atoms with Crippen molar-refractivity contribution in [2.24, 2.45) is 0 Å². The number of halogens is 2. The van der Waals surface area contributed by atoms with Gasteiger partial charge in [-0.1, -0.05) is 12.1 Å². The zero-order valence-corrected chi connectivity index (χ0v) is 16.0. The zero-order valence-electron chi connectivity index (χ0n) is 12.8. The van der Waals surface area contributed by atoms with Crippen LogP contribution in [0.4, 0.5) is 0 Å². The molecule has 0 aliphatic heterocycles. The van der Waals surface area contributed by atoms with Crippen molar-refractivity contribution in [3.8, 4) is 11.5 Å². The van der Waals surface area contributed by atoms with E-state index in [9.17, 15) is 4.79 Å². The molecular weight excluding hydrogens is 412 g/mol. The summed E-state index contributed by atoms with van der Waals surface area (Å²) in [7, 11) is 3.11. The van der Waals surface area contributed by atoms with Crippen LogP contribution in [0, 0.1) is 13.8 Å². The highest BCUT2D eigenvalue weighted by Crippen LogP contribution is 2.37. The molecule has 2 aromatic carbocycles. The Bertz CT molecular complexity index is 678. The number of ether oxygens (including phenoxy) is 2. The minimum absolute atomic E-state index is 0.143. The summed E-state index contributed by atoms with van der Waals surface area (Å²) in [6, 6.07) is 7.31. The van der Waals surface area contributed by atoms with Crippen molar-refractivity contribution in [1.29, 1.82) is 0 Å². The van der Waals surface area contributed by atoms with Crippen LogP contribution in [-0.4, -0.2) is 20.0 Å². The van der Waals surface area contributed by atoms with Gasteiger partial charge in [0.25, 0.3) is 0 Å². The largest absolute Gasteiger partial charge is 0.495 e. The minimum Gasteiger partial charge on any atom is -0.495 e. The first kappa shape index (κ1) is 17.0. The van der Waals surface area contributed by atoms with E-state index in [1.807, 2.05) is 26.0 Å². The monoisotopic (exact) mass is 426 g/mol. The van der Waals surface area contributed by atoms with Gasteiger partial charge in [-0.25, -0.2) is 0 Å². The molecule has 0 N–H and O–H groups in total. The lowest BCUT2D eigenvalue weighted by Gasteiger charge is -2.15. The Morgan fingerprint density at radius 3 is 1.50 bits per heavy atom. The first-order valence-corrected chi connectivity index (χ1v) is 8.21. The van der Waals surface area contributed by atoms with Crippen LogP contribution in [0.1, 0.15) is 27.0 Å². The Balaban J connectivity index is 2.64. The molecule has 0 saturated heterocycles. The number of carbonyl (C=O) groups excluding carboxylic acids is 1. The third kappa shape index (κ3) is 2.92. The molecule has 0 spiro atoms. The summed E-state index contributed by atoms with van der Waals surface area (Å²) >= 11 is 6.95. The maximum atomic E-state index is 12.9. The van der Waals surface area contributed by atoms with Crippen LogP contribution < -0.4 is 9.47 Å². The van der Waals surface area contributed by atoms with Gasteiger partial charge in [0, 0.05) is 0 Å². The first-order chi connectivity index (χ1) is 10.4. The summed E-state index contributed by atoms with van der Waals surface area (Å²) in [4.78, 5) is 12.9. The number of aryl methyl sites for hydroxylation is 2. The number of rotatable bonds is 4. The maximum Gasteiger partial charge on any atom is 0.200 e. The lowest BCUT2D eigenvalue weighted by atomic mass is 9.99. The quantitative estimate of drug-likeness (QED) is 0.638. The highest BCUT2D eigenvalue weighted by molar-refractivity contribution is 9.11. The Hall–Kier alpha value is -1.33. The Kier molecular flexibility index (Phi) is 5.29. The molecule has 5 heteroatoms. The average Bonchev–Trinajstić information content (AvgIpc) is 2.51. The van der Waals surface area contributed by atoms with Crippen molar-refractivity contribution < 1.29 is 14.3 Å². The molecule has 2 aromatic rings. The van der Waals surface area contributed by atoms with E-state index in [0.717, 1.165) is 20.1 Å². The van der Waals surface area contributed by atoms with E-state index in [1.165, 1.54) is 0 Å². The molecule has 0 heterocycles. The van der Waals surface area contributed by atoms with E-state index in [1.54, 1.807) is 26.4 Å². The van der Waals surface area contributed by atoms with Gasteiger partial charge < -0.3 is 9.47 Å². The highest BCUT2D eigenvalue weighted by Gasteiger charge is 2.22. The van der Waals surface area contributed by atoms with Gasteiger partial charge >= 0.3 is 0 Å². The van der Waals surface area contributed by atoms with E-state index in [-0.39, 0.29) is 5.78 Å². The number of methoxy groups -OCH3 is 2. The molecule has 0 aliphatic rings. The van der Waals surface area contributed by atoms with E-state index in [4.69, 9.17) is 9.47 Å². The topological polar surface area (TPSA) is 35.5 Å². The van der Waals surface area contributed by atoms with E-state index >= 15 is 0 Å². The van der Waals surface area contributed by atoms with Gasteiger partial charge in [-0.05, 0) is 69.0 Å². The summed E-state index contributed by atoms with van der Waals surface area (Å²) in [5, 5.41) is 0. The normalized spacial score (nSPS) is 10.5. The molecule has 0 radical (unpaired) electrons. The fourth-order valence-corrected chi connectivity index (χ4v) is 3.23. The number of hydrogen-bond donors (Lipinski definition) is 0. The summed E-state index contributed by atoms with van der Waals surface area (Å²) < 4.78 is 12.4. The number of hydrogen-bond acceptors (Lipinski definition) is 3. The SMILES string of the molecule is COc1c(C(=O)c2ccc(C)c(Br)c2OC)ccc(C)c1Br. The molecular formula is C17H16Br2O3. The van der Waals surface area contributed by atoms with Gasteiger partial charge in [0.15, 0.2) is 0 Å². The van der Waals surface area contributed by atoms with Gasteiger partial charge in [-0.2, -0.15) is 0 Å². The molecule has 3 nitrogen and oxygen atoms in total. The molecule has 0 aliphatic carbocycles. The van der Waals surface area contributed by atoms with Crippen LogP contribution in [0.15, 0.2) is 33.2 Å². The van der Waals surface area contributed by atoms with Crippen LogP contribution in [0.5, 0.6) is 11.5 Å². The van der Waals surface area contributed by atoms with Crippen molar-refractivity contribution >= 4 is 37.6 Å². The highest BCUT2D eigenvalue weighted by atomic mass is 79.9. The number of benzene rings is 2. The van der Waals surface area contributed by atoms with Crippen molar-refractivity contribution in [2.75, 3.05) is 14.2 Å². The van der Waals surface area contributed by atoms with Crippen LogP contribution in [0.2, 0.25) is 0 Å².